The maximum atomic E-state index is 13.3. The van der Waals surface area contributed by atoms with Gasteiger partial charge in [-0.3, -0.25) is 9.59 Å². The van der Waals surface area contributed by atoms with E-state index in [0.717, 1.165) is 31.2 Å². The molecule has 6 N–H and O–H groups in total. The lowest BCUT2D eigenvalue weighted by Crippen LogP contribution is -2.37. The van der Waals surface area contributed by atoms with Gasteiger partial charge in [0.1, 0.15) is 11.5 Å². The van der Waals surface area contributed by atoms with E-state index in [1.807, 2.05) is 30.3 Å². The summed E-state index contributed by atoms with van der Waals surface area (Å²) in [6.45, 7) is 0.650. The van der Waals surface area contributed by atoms with Crippen LogP contribution in [0.15, 0.2) is 54.6 Å². The highest BCUT2D eigenvalue weighted by molar-refractivity contribution is 5.96. The third-order valence-electron chi connectivity index (χ3n) is 7.03. The van der Waals surface area contributed by atoms with Gasteiger partial charge in [0.05, 0.1) is 13.2 Å². The summed E-state index contributed by atoms with van der Waals surface area (Å²) in [5.74, 6) is -0.328. The Morgan fingerprint density at radius 2 is 1.73 bits per heavy atom. The average molecular weight is 504 g/mol. The Bertz CT molecular complexity index is 1230. The molecule has 37 heavy (non-hydrogen) atoms. The lowest BCUT2D eigenvalue weighted by atomic mass is 9.81. The molecule has 0 aliphatic heterocycles. The van der Waals surface area contributed by atoms with Crippen LogP contribution >= 0.6 is 0 Å². The molecule has 9 nitrogen and oxygen atoms in total. The number of hydrogen-bond donors (Lipinski definition) is 4. The molecule has 2 amide bonds. The summed E-state index contributed by atoms with van der Waals surface area (Å²) in [7, 11) is 1.30. The van der Waals surface area contributed by atoms with Crippen molar-refractivity contribution in [2.75, 3.05) is 13.7 Å². The fourth-order valence-electron chi connectivity index (χ4n) is 4.82. The van der Waals surface area contributed by atoms with Crippen LogP contribution in [0.5, 0.6) is 0 Å². The number of esters is 1. The maximum Gasteiger partial charge on any atom is 0.356 e. The van der Waals surface area contributed by atoms with E-state index < -0.39 is 17.9 Å². The lowest BCUT2D eigenvalue weighted by Gasteiger charge is -2.28. The number of nitrogens with one attached hydrogen (secondary N) is 2. The van der Waals surface area contributed by atoms with Gasteiger partial charge in [0.2, 0.25) is 11.8 Å². The first-order valence-electron chi connectivity index (χ1n) is 12.5. The summed E-state index contributed by atoms with van der Waals surface area (Å²) in [6, 6.07) is 15.8. The van der Waals surface area contributed by atoms with Gasteiger partial charge in [0.15, 0.2) is 5.69 Å². The zero-order valence-electron chi connectivity index (χ0n) is 20.9. The molecule has 3 aromatic rings. The second-order valence-electron chi connectivity index (χ2n) is 9.48. The van der Waals surface area contributed by atoms with Crippen molar-refractivity contribution in [1.82, 2.24) is 15.3 Å². The predicted octanol–water partition coefficient (Wildman–Crippen LogP) is 3.13. The molecule has 0 unspecified atom stereocenters. The second-order valence-corrected chi connectivity index (χ2v) is 9.48. The number of nitrogens with zero attached hydrogens (tertiary/aromatic N) is 1. The number of primary amides is 1. The van der Waals surface area contributed by atoms with E-state index in [4.69, 9.17) is 21.2 Å². The molecule has 0 bridgehead atoms. The average Bonchev–Trinajstić information content (AvgIpc) is 3.38. The van der Waals surface area contributed by atoms with Crippen molar-refractivity contribution in [3.05, 3.63) is 77.2 Å². The van der Waals surface area contributed by atoms with Crippen LogP contribution in [0, 0.1) is 11.8 Å². The second kappa shape index (κ2) is 11.8. The topological polar surface area (TPSA) is 153 Å². The van der Waals surface area contributed by atoms with Crippen LogP contribution in [0.25, 0.3) is 11.3 Å². The number of imidazole rings is 1. The minimum Gasteiger partial charge on any atom is -0.464 e. The number of nitrogens with two attached hydrogens (primary N) is 2. The molecular formula is C28H33N5O4. The normalized spacial score (nSPS) is 18.1. The van der Waals surface area contributed by atoms with Crippen LogP contribution in [0.1, 0.15) is 64.0 Å². The SMILES string of the molecule is COC(=O)c1[nH]c([C@H](Cc2ccccc2)NC(=O)[C@H]2CC[C@H](CN)CC2)nc1-c1ccc(C(N)=O)cc1. The lowest BCUT2D eigenvalue weighted by molar-refractivity contribution is -0.127. The molecule has 1 aliphatic carbocycles. The smallest absolute Gasteiger partial charge is 0.356 e. The number of aromatic amines is 1. The molecule has 9 heteroatoms. The zero-order chi connectivity index (χ0) is 26.4. The van der Waals surface area contributed by atoms with Gasteiger partial charge < -0.3 is 26.5 Å². The van der Waals surface area contributed by atoms with Crippen molar-refractivity contribution in [2.45, 2.75) is 38.1 Å². The number of ether oxygens (including phenoxy) is 1. The molecule has 1 heterocycles. The van der Waals surface area contributed by atoms with E-state index in [-0.39, 0.29) is 17.5 Å². The number of carbonyl (C=O) groups excluding carboxylic acids is 3. The minimum absolute atomic E-state index is 0.0280. The number of aromatic nitrogens is 2. The molecule has 0 saturated heterocycles. The monoisotopic (exact) mass is 503 g/mol. The molecule has 1 atom stereocenters. The van der Waals surface area contributed by atoms with Crippen LogP contribution in [0.2, 0.25) is 0 Å². The molecule has 1 saturated carbocycles. The largest absolute Gasteiger partial charge is 0.464 e. The standard InChI is InChI=1S/C28H33N5O4/c1-37-28(36)24-23(19-11-13-20(14-12-19)25(30)34)32-26(33-24)22(15-17-5-3-2-4-6-17)31-27(35)21-9-7-18(16-29)8-10-21/h2-6,11-14,18,21-22H,7-10,15-16,29H2,1H3,(H2,30,34)(H,31,35)(H,32,33)/t18-,21-,22-/m0/s1. The summed E-state index contributed by atoms with van der Waals surface area (Å²) < 4.78 is 4.99. The Kier molecular flexibility index (Phi) is 8.35. The van der Waals surface area contributed by atoms with E-state index in [9.17, 15) is 14.4 Å². The highest BCUT2D eigenvalue weighted by Gasteiger charge is 2.30. The van der Waals surface area contributed by atoms with Gasteiger partial charge >= 0.3 is 5.97 Å². The first-order chi connectivity index (χ1) is 17.9. The molecule has 4 rings (SSSR count). The summed E-state index contributed by atoms with van der Waals surface area (Å²) >= 11 is 0. The third kappa shape index (κ3) is 6.24. The quantitative estimate of drug-likeness (QED) is 0.329. The highest BCUT2D eigenvalue weighted by atomic mass is 16.5. The van der Waals surface area contributed by atoms with Gasteiger partial charge in [-0.15, -0.1) is 0 Å². The van der Waals surface area contributed by atoms with E-state index in [1.165, 1.54) is 7.11 Å². The number of hydrogen-bond acceptors (Lipinski definition) is 6. The van der Waals surface area contributed by atoms with Crippen LogP contribution in [-0.4, -0.2) is 41.4 Å². The third-order valence-corrected chi connectivity index (χ3v) is 7.03. The Morgan fingerprint density at radius 3 is 2.32 bits per heavy atom. The highest BCUT2D eigenvalue weighted by Crippen LogP contribution is 2.30. The van der Waals surface area contributed by atoms with Crippen LogP contribution in [-0.2, 0) is 16.0 Å². The Labute approximate surface area is 216 Å². The maximum absolute atomic E-state index is 13.3. The predicted molar refractivity (Wildman–Crippen MR) is 139 cm³/mol. The zero-order valence-corrected chi connectivity index (χ0v) is 20.9. The van der Waals surface area contributed by atoms with Crippen LogP contribution < -0.4 is 16.8 Å². The fraction of sp³-hybridized carbons (Fsp3) is 0.357. The van der Waals surface area contributed by atoms with Crippen molar-refractivity contribution in [2.24, 2.45) is 23.3 Å². The number of rotatable bonds is 9. The van der Waals surface area contributed by atoms with Crippen LogP contribution in [0.4, 0.5) is 0 Å². The molecule has 0 radical (unpaired) electrons. The van der Waals surface area contributed by atoms with Gasteiger partial charge in [-0.25, -0.2) is 9.78 Å². The van der Waals surface area contributed by atoms with Crippen LogP contribution in [0.3, 0.4) is 0 Å². The first kappa shape index (κ1) is 26.1. The van der Waals surface area contributed by atoms with E-state index in [2.05, 4.69) is 10.3 Å². The molecule has 0 spiro atoms. The van der Waals surface area contributed by atoms with E-state index in [1.54, 1.807) is 24.3 Å². The Morgan fingerprint density at radius 1 is 1.05 bits per heavy atom. The number of amides is 2. The van der Waals surface area contributed by atoms with Gasteiger partial charge in [0.25, 0.3) is 0 Å². The van der Waals surface area contributed by atoms with E-state index >= 15 is 0 Å². The summed E-state index contributed by atoms with van der Waals surface area (Å²) in [6.07, 6.45) is 3.97. The van der Waals surface area contributed by atoms with Gasteiger partial charge in [-0.05, 0) is 62.3 Å². The van der Waals surface area contributed by atoms with Gasteiger partial charge in [-0.1, -0.05) is 42.5 Å². The fourth-order valence-corrected chi connectivity index (χ4v) is 4.82. The number of methoxy groups -OCH3 is 1. The Hall–Kier alpha value is -3.98. The first-order valence-corrected chi connectivity index (χ1v) is 12.5. The summed E-state index contributed by atoms with van der Waals surface area (Å²) in [5, 5.41) is 3.18. The van der Waals surface area contributed by atoms with E-state index in [0.29, 0.717) is 41.5 Å². The molecule has 1 aromatic heterocycles. The molecular weight excluding hydrogens is 470 g/mol. The minimum atomic E-state index is -0.586. The molecule has 1 aliphatic rings. The van der Waals surface area contributed by atoms with Crippen molar-refractivity contribution in [1.29, 1.82) is 0 Å². The van der Waals surface area contributed by atoms with Crippen molar-refractivity contribution >= 4 is 17.8 Å². The molecule has 194 valence electrons. The van der Waals surface area contributed by atoms with Gasteiger partial charge in [-0.2, -0.15) is 0 Å². The Balaban J connectivity index is 1.66. The van der Waals surface area contributed by atoms with Crippen molar-refractivity contribution in [3.63, 3.8) is 0 Å². The van der Waals surface area contributed by atoms with Crippen molar-refractivity contribution < 1.29 is 19.1 Å². The number of H-pyrrole nitrogens is 1. The summed E-state index contributed by atoms with van der Waals surface area (Å²) in [4.78, 5) is 45.3. The van der Waals surface area contributed by atoms with Gasteiger partial charge in [0, 0.05) is 17.0 Å². The van der Waals surface area contributed by atoms with Crippen molar-refractivity contribution in [3.8, 4) is 11.3 Å². The summed E-state index contributed by atoms with van der Waals surface area (Å²) in [5.41, 5.74) is 13.7. The number of carbonyl (C=O) groups is 3. The molecule has 1 fully saturated rings. The number of benzene rings is 2. The molecule has 2 aromatic carbocycles.